The Morgan fingerprint density at radius 2 is 2.15 bits per heavy atom. The Morgan fingerprint density at radius 3 is 2.85 bits per heavy atom. The number of nitrogens with zero attached hydrogens (tertiary/aromatic N) is 3. The number of carbonyl (C=O) groups excluding carboxylic acids is 2. The molecule has 1 aromatic heterocycles. The van der Waals surface area contributed by atoms with Crippen LogP contribution in [-0.2, 0) is 29.2 Å². The predicted molar refractivity (Wildman–Crippen MR) is 97.6 cm³/mol. The van der Waals surface area contributed by atoms with Crippen LogP contribution in [0, 0.1) is 0 Å². The van der Waals surface area contributed by atoms with Crippen LogP contribution < -0.4 is 0 Å². The van der Waals surface area contributed by atoms with Gasteiger partial charge in [-0.25, -0.2) is 0 Å². The van der Waals surface area contributed by atoms with Crippen molar-refractivity contribution in [1.29, 1.82) is 0 Å². The zero-order chi connectivity index (χ0) is 18.7. The molecule has 1 amide bonds. The summed E-state index contributed by atoms with van der Waals surface area (Å²) in [4.78, 5) is 26.4. The minimum atomic E-state index is -1.00. The second-order valence-electron chi connectivity index (χ2n) is 6.42. The third kappa shape index (κ3) is 3.37. The van der Waals surface area contributed by atoms with Crippen molar-refractivity contribution in [2.24, 2.45) is 0 Å². The molecule has 1 aromatic carbocycles. The number of benzene rings is 1. The van der Waals surface area contributed by atoms with Crippen LogP contribution in [0.15, 0.2) is 42.7 Å². The molecule has 3 rings (SSSR count). The van der Waals surface area contributed by atoms with Gasteiger partial charge in [0.2, 0.25) is 0 Å². The fourth-order valence-electron chi connectivity index (χ4n) is 2.97. The summed E-state index contributed by atoms with van der Waals surface area (Å²) in [5.74, 6) is -0.254. The number of aldehydes is 1. The molecule has 26 heavy (non-hydrogen) atoms. The van der Waals surface area contributed by atoms with E-state index in [1.165, 1.54) is 0 Å². The maximum atomic E-state index is 13.1. The van der Waals surface area contributed by atoms with Crippen molar-refractivity contribution in [1.82, 2.24) is 14.7 Å². The van der Waals surface area contributed by atoms with Crippen LogP contribution in [0.3, 0.4) is 0 Å². The van der Waals surface area contributed by atoms with E-state index in [2.05, 4.69) is 5.10 Å². The standard InChI is InChI=1S/C19H20ClN3O3/c1-3-8-26-11-15-9-17-18(25)22(10-14-6-4-5-7-16(14)20)19(2,13-24)12-23(17)21-15/h3-9,13H,10-12H2,1-2H3/b8-3-. The van der Waals surface area contributed by atoms with Crippen LogP contribution in [-0.4, -0.2) is 32.4 Å². The highest BCUT2D eigenvalue weighted by Crippen LogP contribution is 2.29. The quantitative estimate of drug-likeness (QED) is 0.576. The second-order valence-corrected chi connectivity index (χ2v) is 6.82. The lowest BCUT2D eigenvalue weighted by Gasteiger charge is -2.41. The summed E-state index contributed by atoms with van der Waals surface area (Å²) >= 11 is 6.24. The van der Waals surface area contributed by atoms with Crippen LogP contribution in [0.4, 0.5) is 0 Å². The fourth-order valence-corrected chi connectivity index (χ4v) is 3.17. The first-order valence-corrected chi connectivity index (χ1v) is 8.67. The molecule has 1 aliphatic heterocycles. The topological polar surface area (TPSA) is 64.4 Å². The summed E-state index contributed by atoms with van der Waals surface area (Å²) in [5, 5.41) is 4.96. The van der Waals surface area contributed by atoms with E-state index in [4.69, 9.17) is 16.3 Å². The Morgan fingerprint density at radius 1 is 1.38 bits per heavy atom. The first-order valence-electron chi connectivity index (χ1n) is 8.29. The van der Waals surface area contributed by atoms with Crippen LogP contribution in [0.25, 0.3) is 0 Å². The van der Waals surface area contributed by atoms with Crippen molar-refractivity contribution in [3.8, 4) is 0 Å². The molecule has 1 aliphatic rings. The molecular weight excluding hydrogens is 354 g/mol. The molecule has 6 nitrogen and oxygen atoms in total. The highest BCUT2D eigenvalue weighted by atomic mass is 35.5. The van der Waals surface area contributed by atoms with Gasteiger partial charge >= 0.3 is 0 Å². The van der Waals surface area contributed by atoms with E-state index in [1.54, 1.807) is 41.0 Å². The van der Waals surface area contributed by atoms with E-state index < -0.39 is 5.54 Å². The SMILES string of the molecule is C/C=C\OCc1cc2n(n1)CC(C)(C=O)N(Cc1ccccc1Cl)C2=O. The van der Waals surface area contributed by atoms with Crippen LogP contribution in [0.1, 0.15) is 35.6 Å². The van der Waals surface area contributed by atoms with Gasteiger partial charge in [0.05, 0.1) is 12.8 Å². The van der Waals surface area contributed by atoms with Gasteiger partial charge in [0.1, 0.15) is 29.8 Å². The van der Waals surface area contributed by atoms with Gasteiger partial charge in [0.15, 0.2) is 0 Å². The van der Waals surface area contributed by atoms with Crippen LogP contribution in [0.2, 0.25) is 5.02 Å². The number of hydrogen-bond donors (Lipinski definition) is 0. The monoisotopic (exact) mass is 373 g/mol. The number of allylic oxidation sites excluding steroid dienone is 1. The first kappa shape index (κ1) is 18.2. The maximum Gasteiger partial charge on any atom is 0.273 e. The van der Waals surface area contributed by atoms with E-state index in [0.717, 1.165) is 11.8 Å². The summed E-state index contributed by atoms with van der Waals surface area (Å²) < 4.78 is 6.91. The van der Waals surface area contributed by atoms with E-state index in [-0.39, 0.29) is 25.6 Å². The van der Waals surface area contributed by atoms with Gasteiger partial charge in [0, 0.05) is 11.6 Å². The fraction of sp³-hybridized carbons (Fsp3) is 0.316. The molecule has 0 saturated heterocycles. The molecule has 0 fully saturated rings. The van der Waals surface area contributed by atoms with Crippen molar-refractivity contribution >= 4 is 23.8 Å². The highest BCUT2D eigenvalue weighted by Gasteiger charge is 2.42. The number of hydrogen-bond acceptors (Lipinski definition) is 4. The Balaban J connectivity index is 1.92. The highest BCUT2D eigenvalue weighted by molar-refractivity contribution is 6.31. The largest absolute Gasteiger partial charge is 0.495 e. The van der Waals surface area contributed by atoms with Gasteiger partial charge in [-0.05, 0) is 31.5 Å². The van der Waals surface area contributed by atoms with E-state index in [1.807, 2.05) is 25.1 Å². The number of halogens is 1. The van der Waals surface area contributed by atoms with Gasteiger partial charge in [0.25, 0.3) is 5.91 Å². The normalized spacial score (nSPS) is 19.7. The first-order chi connectivity index (χ1) is 12.5. The molecule has 7 heteroatoms. The lowest BCUT2D eigenvalue weighted by molar-refractivity contribution is -0.118. The van der Waals surface area contributed by atoms with E-state index in [9.17, 15) is 9.59 Å². The number of carbonyl (C=O) groups is 2. The molecule has 136 valence electrons. The molecule has 1 atom stereocenters. The lowest BCUT2D eigenvalue weighted by Crippen LogP contribution is -2.57. The minimum Gasteiger partial charge on any atom is -0.495 e. The maximum absolute atomic E-state index is 13.1. The summed E-state index contributed by atoms with van der Waals surface area (Å²) in [6.45, 7) is 4.38. The summed E-state index contributed by atoms with van der Waals surface area (Å²) in [6, 6.07) is 9.01. The molecule has 0 aliphatic carbocycles. The third-order valence-corrected chi connectivity index (χ3v) is 4.75. The van der Waals surface area contributed by atoms with Gasteiger partial charge in [-0.2, -0.15) is 5.10 Å². The van der Waals surface area contributed by atoms with Crippen molar-refractivity contribution in [2.75, 3.05) is 0 Å². The minimum absolute atomic E-state index is 0.253. The van der Waals surface area contributed by atoms with Crippen LogP contribution in [0.5, 0.6) is 0 Å². The molecule has 0 N–H and O–H groups in total. The molecule has 0 saturated carbocycles. The summed E-state index contributed by atoms with van der Waals surface area (Å²) in [7, 11) is 0. The molecule has 2 aromatic rings. The number of fused-ring (bicyclic) bond motifs is 1. The molecule has 1 unspecified atom stereocenters. The van der Waals surface area contributed by atoms with Gasteiger partial charge in [-0.3, -0.25) is 9.48 Å². The predicted octanol–water partition coefficient (Wildman–Crippen LogP) is 3.20. The Bertz CT molecular complexity index is 861. The van der Waals surface area contributed by atoms with E-state index >= 15 is 0 Å². The average molecular weight is 374 g/mol. The number of rotatable bonds is 6. The number of ether oxygens (including phenoxy) is 1. The van der Waals surface area contributed by atoms with Crippen molar-refractivity contribution in [3.63, 3.8) is 0 Å². The molecular formula is C19H20ClN3O3. The molecule has 0 radical (unpaired) electrons. The second kappa shape index (κ2) is 7.33. The molecule has 0 bridgehead atoms. The number of amides is 1. The zero-order valence-electron chi connectivity index (χ0n) is 14.7. The summed E-state index contributed by atoms with van der Waals surface area (Å²) in [6.07, 6.45) is 4.14. The number of aromatic nitrogens is 2. The van der Waals surface area contributed by atoms with Crippen molar-refractivity contribution in [2.45, 2.75) is 39.1 Å². The van der Waals surface area contributed by atoms with Gasteiger partial charge < -0.3 is 14.4 Å². The van der Waals surface area contributed by atoms with Crippen molar-refractivity contribution in [3.05, 3.63) is 64.6 Å². The molecule has 0 spiro atoms. The zero-order valence-corrected chi connectivity index (χ0v) is 15.4. The average Bonchev–Trinajstić information content (AvgIpc) is 3.03. The smallest absolute Gasteiger partial charge is 0.273 e. The van der Waals surface area contributed by atoms with Gasteiger partial charge in [-0.1, -0.05) is 35.9 Å². The molecule has 2 heterocycles. The van der Waals surface area contributed by atoms with Crippen LogP contribution >= 0.6 is 11.6 Å². The third-order valence-electron chi connectivity index (χ3n) is 4.39. The Hall–Kier alpha value is -2.60. The van der Waals surface area contributed by atoms with Gasteiger partial charge in [-0.15, -0.1) is 0 Å². The lowest BCUT2D eigenvalue weighted by atomic mass is 9.97. The Labute approximate surface area is 157 Å². The summed E-state index contributed by atoms with van der Waals surface area (Å²) in [5.41, 5.74) is 0.867. The Kier molecular flexibility index (Phi) is 5.13. The van der Waals surface area contributed by atoms with Crippen molar-refractivity contribution < 1.29 is 14.3 Å². The van der Waals surface area contributed by atoms with E-state index in [0.29, 0.717) is 16.4 Å².